The van der Waals surface area contributed by atoms with Gasteiger partial charge in [-0.05, 0) is 24.5 Å². The first-order chi connectivity index (χ1) is 9.84. The molecule has 1 atom stereocenters. The second-order valence-corrected chi connectivity index (χ2v) is 5.01. The molecule has 0 bridgehead atoms. The minimum atomic E-state index is -0.217. The van der Waals surface area contributed by atoms with Crippen LogP contribution in [0.2, 0.25) is 0 Å². The topological polar surface area (TPSA) is 72.7 Å². The molecule has 0 saturated heterocycles. The molecule has 0 unspecified atom stereocenters. The molecule has 0 radical (unpaired) electrons. The number of Topliss-reactive ketones (excluding diaryl/α,β-unsaturated/α-hetero) is 1. The molecule has 100 valence electrons. The Morgan fingerprint density at radius 2 is 2.30 bits per heavy atom. The van der Waals surface area contributed by atoms with E-state index in [-0.39, 0.29) is 11.8 Å². The van der Waals surface area contributed by atoms with Gasteiger partial charge in [-0.3, -0.25) is 9.78 Å². The summed E-state index contributed by atoms with van der Waals surface area (Å²) < 4.78 is 1.76. The fourth-order valence-electron chi connectivity index (χ4n) is 2.94. The Labute approximate surface area is 115 Å². The van der Waals surface area contributed by atoms with Crippen molar-refractivity contribution in [3.8, 4) is 0 Å². The summed E-state index contributed by atoms with van der Waals surface area (Å²) in [5.41, 5.74) is 2.75. The minimum absolute atomic E-state index is 0.189. The van der Waals surface area contributed by atoms with Gasteiger partial charge in [0.15, 0.2) is 5.78 Å². The maximum absolute atomic E-state index is 12.4. The highest BCUT2D eigenvalue weighted by atomic mass is 16.1. The maximum Gasteiger partial charge on any atom is 0.226 e. The zero-order valence-electron chi connectivity index (χ0n) is 10.8. The third-order valence-corrected chi connectivity index (χ3v) is 3.81. The first kappa shape index (κ1) is 11.3. The van der Waals surface area contributed by atoms with Crippen LogP contribution >= 0.6 is 0 Å². The van der Waals surface area contributed by atoms with Gasteiger partial charge in [-0.25, -0.2) is 4.68 Å². The molecule has 0 amide bonds. The third-order valence-electron chi connectivity index (χ3n) is 3.81. The summed E-state index contributed by atoms with van der Waals surface area (Å²) in [4.78, 5) is 20.8. The van der Waals surface area contributed by atoms with Crippen molar-refractivity contribution in [1.29, 1.82) is 0 Å². The molecule has 1 aliphatic carbocycles. The van der Waals surface area contributed by atoms with Crippen LogP contribution in [0, 0.1) is 0 Å². The Bertz CT molecular complexity index is 703. The third kappa shape index (κ3) is 1.57. The number of carbonyl (C=O) groups is 1. The van der Waals surface area contributed by atoms with Crippen LogP contribution in [0.4, 0.5) is 5.95 Å². The molecule has 1 aliphatic heterocycles. The second kappa shape index (κ2) is 4.26. The molecule has 2 aromatic rings. The van der Waals surface area contributed by atoms with Crippen LogP contribution in [0.15, 0.2) is 42.1 Å². The van der Waals surface area contributed by atoms with Crippen LogP contribution in [-0.4, -0.2) is 25.5 Å². The molecule has 6 heteroatoms. The number of rotatable bonds is 1. The van der Waals surface area contributed by atoms with Crippen LogP contribution in [0.1, 0.15) is 30.9 Å². The number of carbonyl (C=O) groups excluding carboxylic acids is 1. The van der Waals surface area contributed by atoms with E-state index >= 15 is 0 Å². The van der Waals surface area contributed by atoms with Gasteiger partial charge in [0.25, 0.3) is 0 Å². The second-order valence-electron chi connectivity index (χ2n) is 5.01. The van der Waals surface area contributed by atoms with Gasteiger partial charge >= 0.3 is 0 Å². The van der Waals surface area contributed by atoms with Crippen LogP contribution in [0.25, 0.3) is 0 Å². The van der Waals surface area contributed by atoms with Crippen molar-refractivity contribution in [3.63, 3.8) is 0 Å². The van der Waals surface area contributed by atoms with Crippen LogP contribution in [-0.2, 0) is 4.79 Å². The highest BCUT2D eigenvalue weighted by Gasteiger charge is 2.35. The number of ketones is 1. The number of pyridine rings is 1. The van der Waals surface area contributed by atoms with Gasteiger partial charge in [0.2, 0.25) is 5.95 Å². The summed E-state index contributed by atoms with van der Waals surface area (Å²) in [6, 6.07) is 3.63. The fraction of sp³-hybridized carbons (Fsp3) is 0.286. The van der Waals surface area contributed by atoms with Crippen molar-refractivity contribution in [2.24, 2.45) is 0 Å². The van der Waals surface area contributed by atoms with Gasteiger partial charge in [0, 0.05) is 30.1 Å². The maximum atomic E-state index is 12.4. The van der Waals surface area contributed by atoms with Gasteiger partial charge in [-0.2, -0.15) is 10.1 Å². The zero-order chi connectivity index (χ0) is 13.5. The van der Waals surface area contributed by atoms with Gasteiger partial charge < -0.3 is 5.32 Å². The Morgan fingerprint density at radius 1 is 1.35 bits per heavy atom. The number of hydrogen-bond acceptors (Lipinski definition) is 5. The van der Waals surface area contributed by atoms with Crippen molar-refractivity contribution in [3.05, 3.63) is 47.7 Å². The zero-order valence-corrected chi connectivity index (χ0v) is 10.8. The van der Waals surface area contributed by atoms with Crippen molar-refractivity contribution >= 4 is 11.7 Å². The Balaban J connectivity index is 1.93. The van der Waals surface area contributed by atoms with E-state index in [1.807, 2.05) is 12.1 Å². The van der Waals surface area contributed by atoms with Crippen molar-refractivity contribution in [1.82, 2.24) is 19.7 Å². The van der Waals surface area contributed by atoms with Crippen molar-refractivity contribution in [2.45, 2.75) is 25.3 Å². The molecule has 1 N–H and O–H groups in total. The van der Waals surface area contributed by atoms with Crippen molar-refractivity contribution in [2.75, 3.05) is 5.32 Å². The number of nitrogens with one attached hydrogen (secondary N) is 1. The summed E-state index contributed by atoms with van der Waals surface area (Å²) in [5.74, 6) is 0.876. The fourth-order valence-corrected chi connectivity index (χ4v) is 2.94. The van der Waals surface area contributed by atoms with E-state index in [1.165, 1.54) is 6.33 Å². The molecule has 20 heavy (non-hydrogen) atoms. The number of anilines is 1. The number of hydrogen-bond donors (Lipinski definition) is 1. The van der Waals surface area contributed by atoms with Gasteiger partial charge in [0.1, 0.15) is 12.4 Å². The Kier molecular flexibility index (Phi) is 2.42. The SMILES string of the molecule is O=C1CCCC2=C1[C@H](c1cccnc1)n1ncnc1N2. The molecular weight excluding hydrogens is 254 g/mol. The normalized spacial score (nSPS) is 21.2. The van der Waals surface area contributed by atoms with E-state index in [1.54, 1.807) is 17.1 Å². The van der Waals surface area contributed by atoms with E-state index < -0.39 is 0 Å². The number of allylic oxidation sites excluding steroid dienone is 2. The summed E-state index contributed by atoms with van der Waals surface area (Å²) in [7, 11) is 0. The Hall–Kier alpha value is -2.50. The standard InChI is InChI=1S/C14H13N5O/c20-11-5-1-4-10-12(11)13(9-3-2-6-15-7-9)19-14(18-10)16-8-17-19/h2-3,6-8,13H,1,4-5H2,(H,16,17,18)/t13-/m0/s1. The lowest BCUT2D eigenvalue weighted by atomic mass is 9.86. The summed E-state index contributed by atoms with van der Waals surface area (Å²) in [5, 5.41) is 7.51. The van der Waals surface area contributed by atoms with Crippen LogP contribution in [0.5, 0.6) is 0 Å². The summed E-state index contributed by atoms with van der Waals surface area (Å²) >= 11 is 0. The van der Waals surface area contributed by atoms with Crippen molar-refractivity contribution < 1.29 is 4.79 Å². The predicted octanol–water partition coefficient (Wildman–Crippen LogP) is 1.70. The largest absolute Gasteiger partial charge is 0.328 e. The summed E-state index contributed by atoms with van der Waals surface area (Å²) in [6.07, 6.45) is 7.39. The molecule has 4 rings (SSSR count). The lowest BCUT2D eigenvalue weighted by molar-refractivity contribution is -0.116. The van der Waals surface area contributed by atoms with E-state index in [0.717, 1.165) is 29.7 Å². The number of fused-ring (bicyclic) bond motifs is 1. The van der Waals surface area contributed by atoms with Gasteiger partial charge in [0.05, 0.1) is 0 Å². The molecule has 0 aromatic carbocycles. The summed E-state index contributed by atoms with van der Waals surface area (Å²) in [6.45, 7) is 0. The van der Waals surface area contributed by atoms with Gasteiger partial charge in [-0.1, -0.05) is 6.07 Å². The van der Waals surface area contributed by atoms with Crippen LogP contribution in [0.3, 0.4) is 0 Å². The first-order valence-corrected chi connectivity index (χ1v) is 6.67. The predicted molar refractivity (Wildman–Crippen MR) is 71.9 cm³/mol. The molecule has 0 spiro atoms. The average Bonchev–Trinajstić information content (AvgIpc) is 2.94. The molecule has 2 aromatic heterocycles. The highest BCUT2D eigenvalue weighted by Crippen LogP contribution is 2.38. The van der Waals surface area contributed by atoms with E-state index in [2.05, 4.69) is 20.4 Å². The molecular formula is C14H13N5O. The molecule has 2 aliphatic rings. The number of nitrogens with zero attached hydrogens (tertiary/aromatic N) is 4. The first-order valence-electron chi connectivity index (χ1n) is 6.67. The van der Waals surface area contributed by atoms with E-state index in [9.17, 15) is 4.79 Å². The lowest BCUT2D eigenvalue weighted by Crippen LogP contribution is -2.31. The monoisotopic (exact) mass is 267 g/mol. The quantitative estimate of drug-likeness (QED) is 0.851. The lowest BCUT2D eigenvalue weighted by Gasteiger charge is -2.31. The molecule has 3 heterocycles. The van der Waals surface area contributed by atoms with E-state index in [4.69, 9.17) is 0 Å². The number of aromatic nitrogens is 4. The highest BCUT2D eigenvalue weighted by molar-refractivity contribution is 5.99. The molecule has 0 saturated carbocycles. The average molecular weight is 267 g/mol. The van der Waals surface area contributed by atoms with E-state index in [0.29, 0.717) is 12.4 Å². The van der Waals surface area contributed by atoms with Gasteiger partial charge in [-0.15, -0.1) is 0 Å². The van der Waals surface area contributed by atoms with Crippen LogP contribution < -0.4 is 5.32 Å². The Morgan fingerprint density at radius 3 is 3.15 bits per heavy atom. The smallest absolute Gasteiger partial charge is 0.226 e. The molecule has 0 fully saturated rings. The molecule has 6 nitrogen and oxygen atoms in total. The minimum Gasteiger partial charge on any atom is -0.328 e.